The average Bonchev–Trinajstić information content (AvgIpc) is 2.48. The Hall–Kier alpha value is -1.76. The second-order valence-electron chi connectivity index (χ2n) is 2.44. The molecule has 0 spiro atoms. The van der Waals surface area contributed by atoms with E-state index in [9.17, 15) is 0 Å². The van der Waals surface area contributed by atoms with E-state index in [0.29, 0.717) is 16.5 Å². The summed E-state index contributed by atoms with van der Waals surface area (Å²) in [4.78, 5) is 6.84. The van der Waals surface area contributed by atoms with Crippen LogP contribution in [0.15, 0.2) is 18.5 Å². The summed E-state index contributed by atoms with van der Waals surface area (Å²) in [6.45, 7) is 0. The Morgan fingerprint density at radius 3 is 3.17 bits per heavy atom. The van der Waals surface area contributed by atoms with Crippen molar-refractivity contribution < 1.29 is 0 Å². The van der Waals surface area contributed by atoms with Crippen LogP contribution < -0.4 is 5.46 Å². The molecule has 2 heterocycles. The molecule has 0 aromatic carbocycles. The van der Waals surface area contributed by atoms with Crippen LogP contribution in [0.2, 0.25) is 0 Å². The number of hydrogen-bond donors (Lipinski definition) is 1. The van der Waals surface area contributed by atoms with Gasteiger partial charge >= 0.3 is 0 Å². The Bertz CT molecular complexity index is 467. The molecule has 0 aliphatic rings. The van der Waals surface area contributed by atoms with Gasteiger partial charge in [-0.15, -0.1) is 0 Å². The molecule has 2 radical (unpaired) electrons. The number of rotatable bonds is 0. The Morgan fingerprint density at radius 1 is 1.58 bits per heavy atom. The summed E-state index contributed by atoms with van der Waals surface area (Å²) in [5.41, 5.74) is 1.78. The van der Waals surface area contributed by atoms with E-state index >= 15 is 0 Å². The Balaban J connectivity index is 2.96. The van der Waals surface area contributed by atoms with Crippen molar-refractivity contribution in [1.82, 2.24) is 9.97 Å². The molecule has 0 amide bonds. The van der Waals surface area contributed by atoms with Gasteiger partial charge in [-0.25, -0.2) is 4.98 Å². The van der Waals surface area contributed by atoms with Crippen molar-refractivity contribution in [2.45, 2.75) is 0 Å². The van der Waals surface area contributed by atoms with Gasteiger partial charge in [0.05, 0.1) is 0 Å². The molecule has 0 bridgehead atoms. The van der Waals surface area contributed by atoms with E-state index in [2.05, 4.69) is 9.97 Å². The van der Waals surface area contributed by atoms with E-state index in [1.54, 1.807) is 18.5 Å². The van der Waals surface area contributed by atoms with Crippen LogP contribution in [0.3, 0.4) is 0 Å². The maximum absolute atomic E-state index is 8.70. The molecular weight excluding hydrogens is 149 g/mol. The lowest BCUT2D eigenvalue weighted by Gasteiger charge is -1.92. The number of aromatic nitrogens is 2. The van der Waals surface area contributed by atoms with Gasteiger partial charge in [0.2, 0.25) is 0 Å². The SMILES string of the molecule is [B]c1c[nH]c2ccnc(C#N)c12. The number of H-pyrrole nitrogens is 1. The van der Waals surface area contributed by atoms with Gasteiger partial charge in [-0.2, -0.15) is 5.26 Å². The monoisotopic (exact) mass is 153 g/mol. The zero-order valence-electron chi connectivity index (χ0n) is 6.20. The lowest BCUT2D eigenvalue weighted by molar-refractivity contribution is 1.29. The molecule has 0 saturated heterocycles. The lowest BCUT2D eigenvalue weighted by Crippen LogP contribution is -2.00. The summed E-state index contributed by atoms with van der Waals surface area (Å²) in [6.07, 6.45) is 3.24. The van der Waals surface area contributed by atoms with Gasteiger partial charge in [-0.1, -0.05) is 5.46 Å². The van der Waals surface area contributed by atoms with E-state index in [-0.39, 0.29) is 0 Å². The average molecular weight is 153 g/mol. The highest BCUT2D eigenvalue weighted by molar-refractivity contribution is 6.39. The van der Waals surface area contributed by atoms with Crippen LogP contribution in [0.1, 0.15) is 5.69 Å². The van der Waals surface area contributed by atoms with Crippen LogP contribution in [0.5, 0.6) is 0 Å². The van der Waals surface area contributed by atoms with Crippen molar-refractivity contribution >= 4 is 24.2 Å². The van der Waals surface area contributed by atoms with Crippen LogP contribution in [0.25, 0.3) is 10.9 Å². The fraction of sp³-hybridized carbons (Fsp3) is 0. The second-order valence-corrected chi connectivity index (χ2v) is 2.44. The summed E-state index contributed by atoms with van der Waals surface area (Å²) < 4.78 is 0. The van der Waals surface area contributed by atoms with Gasteiger partial charge in [0, 0.05) is 17.1 Å². The molecule has 0 atom stereocenters. The molecule has 0 aliphatic heterocycles. The van der Waals surface area contributed by atoms with Crippen molar-refractivity contribution in [2.24, 2.45) is 0 Å². The van der Waals surface area contributed by atoms with Crippen molar-refractivity contribution in [3.05, 3.63) is 24.2 Å². The van der Waals surface area contributed by atoms with Gasteiger partial charge < -0.3 is 4.98 Å². The summed E-state index contributed by atoms with van der Waals surface area (Å²) in [6, 6.07) is 3.77. The maximum Gasteiger partial charge on any atom is 0.149 e. The van der Waals surface area contributed by atoms with Gasteiger partial charge in [0.25, 0.3) is 0 Å². The minimum absolute atomic E-state index is 0.367. The highest BCUT2D eigenvalue weighted by atomic mass is 14.7. The normalized spacial score (nSPS) is 9.92. The van der Waals surface area contributed by atoms with E-state index in [1.165, 1.54) is 0 Å². The molecule has 0 aliphatic carbocycles. The van der Waals surface area contributed by atoms with Crippen molar-refractivity contribution in [3.63, 3.8) is 0 Å². The maximum atomic E-state index is 8.70. The largest absolute Gasteiger partial charge is 0.362 e. The summed E-state index contributed by atoms with van der Waals surface area (Å²) in [5.74, 6) is 0. The van der Waals surface area contributed by atoms with Gasteiger partial charge in [-0.3, -0.25) is 0 Å². The van der Waals surface area contributed by atoms with Gasteiger partial charge in [-0.05, 0) is 12.3 Å². The molecule has 3 nitrogen and oxygen atoms in total. The fourth-order valence-electron chi connectivity index (χ4n) is 1.19. The molecule has 2 rings (SSSR count). The molecule has 12 heavy (non-hydrogen) atoms. The molecular formula is C8H4BN3. The molecule has 0 fully saturated rings. The lowest BCUT2D eigenvalue weighted by atomic mass is 9.95. The van der Waals surface area contributed by atoms with E-state index in [0.717, 1.165) is 5.52 Å². The van der Waals surface area contributed by atoms with E-state index in [4.69, 9.17) is 13.1 Å². The molecule has 4 heteroatoms. The molecule has 1 N–H and O–H groups in total. The first-order valence-corrected chi connectivity index (χ1v) is 3.44. The number of fused-ring (bicyclic) bond motifs is 1. The van der Waals surface area contributed by atoms with E-state index in [1.807, 2.05) is 6.07 Å². The van der Waals surface area contributed by atoms with Crippen molar-refractivity contribution in [2.75, 3.05) is 0 Å². The minimum atomic E-state index is 0.367. The van der Waals surface area contributed by atoms with Crippen LogP contribution in [-0.2, 0) is 0 Å². The van der Waals surface area contributed by atoms with Gasteiger partial charge in [0.1, 0.15) is 19.6 Å². The molecule has 54 valence electrons. The summed E-state index contributed by atoms with van der Waals surface area (Å²) in [7, 11) is 5.63. The number of nitriles is 1. The number of aromatic amines is 1. The number of nitrogens with one attached hydrogen (secondary N) is 1. The standard InChI is InChI=1S/C8H4BN3/c9-5-4-12-6-1-2-11-7(3-10)8(5)6/h1-2,4,12H. The predicted octanol–water partition coefficient (Wildman–Crippen LogP) is 0.228. The highest BCUT2D eigenvalue weighted by Gasteiger charge is 2.04. The van der Waals surface area contributed by atoms with Crippen LogP contribution in [0.4, 0.5) is 0 Å². The molecule has 2 aromatic rings. The quantitative estimate of drug-likeness (QED) is 0.550. The Labute approximate surface area is 70.5 Å². The third kappa shape index (κ3) is 0.801. The van der Waals surface area contributed by atoms with Crippen molar-refractivity contribution in [1.29, 1.82) is 5.26 Å². The predicted molar refractivity (Wildman–Crippen MR) is 46.2 cm³/mol. The first-order valence-electron chi connectivity index (χ1n) is 3.44. The Kier molecular flexibility index (Phi) is 1.37. The van der Waals surface area contributed by atoms with Crippen LogP contribution in [-0.4, -0.2) is 17.8 Å². The van der Waals surface area contributed by atoms with Crippen molar-refractivity contribution in [3.8, 4) is 6.07 Å². The fourth-order valence-corrected chi connectivity index (χ4v) is 1.19. The van der Waals surface area contributed by atoms with Crippen LogP contribution >= 0.6 is 0 Å². The molecule has 0 saturated carbocycles. The topological polar surface area (TPSA) is 52.5 Å². The third-order valence-corrected chi connectivity index (χ3v) is 1.73. The first kappa shape index (κ1) is 6.92. The summed E-state index contributed by atoms with van der Waals surface area (Å²) in [5, 5.41) is 9.40. The second kappa shape index (κ2) is 2.38. The number of hydrogen-bond acceptors (Lipinski definition) is 2. The summed E-state index contributed by atoms with van der Waals surface area (Å²) >= 11 is 0. The van der Waals surface area contributed by atoms with Gasteiger partial charge in [0.15, 0.2) is 0 Å². The number of pyridine rings is 1. The zero-order valence-corrected chi connectivity index (χ0v) is 6.20. The Morgan fingerprint density at radius 2 is 2.42 bits per heavy atom. The first-order chi connectivity index (χ1) is 5.83. The minimum Gasteiger partial charge on any atom is -0.362 e. The van der Waals surface area contributed by atoms with Crippen LogP contribution in [0, 0.1) is 11.3 Å². The molecule has 2 aromatic heterocycles. The number of nitrogens with zero attached hydrogens (tertiary/aromatic N) is 2. The third-order valence-electron chi connectivity index (χ3n) is 1.73. The van der Waals surface area contributed by atoms with E-state index < -0.39 is 0 Å². The highest BCUT2D eigenvalue weighted by Crippen LogP contribution is 2.10. The molecule has 0 unspecified atom stereocenters. The zero-order chi connectivity index (χ0) is 8.55. The smallest absolute Gasteiger partial charge is 0.149 e.